The van der Waals surface area contributed by atoms with Crippen molar-refractivity contribution >= 4 is 33.2 Å². The van der Waals surface area contributed by atoms with Crippen molar-refractivity contribution in [2.24, 2.45) is 5.92 Å². The predicted octanol–water partition coefficient (Wildman–Crippen LogP) is 4.47. The van der Waals surface area contributed by atoms with E-state index in [1.807, 2.05) is 13.8 Å². The molecular weight excluding hydrogens is 477 g/mol. The van der Waals surface area contributed by atoms with Gasteiger partial charge < -0.3 is 9.88 Å². The summed E-state index contributed by atoms with van der Waals surface area (Å²) in [6.45, 7) is 4.50. The maximum Gasteiger partial charge on any atom is 0.341 e. The topological polar surface area (TPSA) is 94.0 Å². The molecule has 3 aromatic rings. The molecule has 2 aromatic carbocycles. The van der Waals surface area contributed by atoms with Gasteiger partial charge in [0.15, 0.2) is 11.0 Å². The minimum Gasteiger partial charge on any atom is -0.325 e. The first-order valence-corrected chi connectivity index (χ1v) is 12.4. The van der Waals surface area contributed by atoms with Crippen LogP contribution in [0.5, 0.6) is 0 Å². The SMILES string of the molecule is CC(C)Cn1c(SCC(=O)Nc2ccc(S(=O)(=O)C(F)F)cc2)nnc1-c1ccccc1F. The molecule has 0 spiro atoms. The smallest absolute Gasteiger partial charge is 0.325 e. The van der Waals surface area contributed by atoms with Gasteiger partial charge in [-0.05, 0) is 42.3 Å². The Morgan fingerprint density at radius 2 is 1.76 bits per heavy atom. The van der Waals surface area contributed by atoms with Crippen LogP contribution in [0.15, 0.2) is 58.6 Å². The lowest BCUT2D eigenvalue weighted by Crippen LogP contribution is -2.16. The van der Waals surface area contributed by atoms with Crippen LogP contribution in [0.1, 0.15) is 13.8 Å². The molecule has 0 aliphatic rings. The number of halogens is 3. The maximum atomic E-state index is 14.3. The van der Waals surface area contributed by atoms with Gasteiger partial charge in [-0.15, -0.1) is 10.2 Å². The Labute approximate surface area is 193 Å². The molecule has 176 valence electrons. The molecule has 0 saturated heterocycles. The van der Waals surface area contributed by atoms with Gasteiger partial charge in [-0.1, -0.05) is 37.7 Å². The summed E-state index contributed by atoms with van der Waals surface area (Å²) in [5, 5.41) is 11.2. The number of carbonyl (C=O) groups excluding carboxylic acids is 1. The molecule has 0 atom stereocenters. The molecule has 0 unspecified atom stereocenters. The van der Waals surface area contributed by atoms with Gasteiger partial charge >= 0.3 is 5.76 Å². The lowest BCUT2D eigenvalue weighted by Gasteiger charge is -2.13. The lowest BCUT2D eigenvalue weighted by molar-refractivity contribution is -0.113. The van der Waals surface area contributed by atoms with E-state index >= 15 is 0 Å². The molecule has 0 radical (unpaired) electrons. The second-order valence-electron chi connectivity index (χ2n) is 7.46. The van der Waals surface area contributed by atoms with Crippen molar-refractivity contribution in [1.82, 2.24) is 14.8 Å². The Hall–Kier alpha value is -2.86. The number of benzene rings is 2. The molecule has 0 aliphatic carbocycles. The van der Waals surface area contributed by atoms with Crippen LogP contribution in [0.4, 0.5) is 18.9 Å². The zero-order valence-corrected chi connectivity index (χ0v) is 19.3. The molecule has 0 bridgehead atoms. The van der Waals surface area contributed by atoms with Crippen molar-refractivity contribution in [3.8, 4) is 11.4 Å². The van der Waals surface area contributed by atoms with E-state index in [1.54, 1.807) is 22.8 Å². The van der Waals surface area contributed by atoms with E-state index in [4.69, 9.17) is 0 Å². The van der Waals surface area contributed by atoms with Gasteiger partial charge in [0.25, 0.3) is 0 Å². The monoisotopic (exact) mass is 498 g/mol. The van der Waals surface area contributed by atoms with Gasteiger partial charge in [0, 0.05) is 12.2 Å². The summed E-state index contributed by atoms with van der Waals surface area (Å²) < 4.78 is 64.2. The van der Waals surface area contributed by atoms with Crippen LogP contribution in [-0.2, 0) is 21.2 Å². The van der Waals surface area contributed by atoms with Crippen molar-refractivity contribution in [3.05, 3.63) is 54.3 Å². The minimum atomic E-state index is -4.70. The zero-order valence-electron chi connectivity index (χ0n) is 17.7. The Bertz CT molecular complexity index is 1230. The first kappa shape index (κ1) is 24.8. The predicted molar refractivity (Wildman–Crippen MR) is 119 cm³/mol. The molecule has 12 heteroatoms. The summed E-state index contributed by atoms with van der Waals surface area (Å²) in [6, 6.07) is 10.7. The second kappa shape index (κ2) is 10.4. The van der Waals surface area contributed by atoms with E-state index in [9.17, 15) is 26.4 Å². The van der Waals surface area contributed by atoms with Gasteiger partial charge in [-0.3, -0.25) is 4.79 Å². The van der Waals surface area contributed by atoms with Crippen LogP contribution in [-0.4, -0.2) is 40.6 Å². The van der Waals surface area contributed by atoms with Crippen molar-refractivity contribution in [3.63, 3.8) is 0 Å². The third-order valence-electron chi connectivity index (χ3n) is 4.41. The van der Waals surface area contributed by atoms with Crippen LogP contribution < -0.4 is 5.32 Å². The van der Waals surface area contributed by atoms with Crippen molar-refractivity contribution in [2.75, 3.05) is 11.1 Å². The van der Waals surface area contributed by atoms with Crippen molar-refractivity contribution in [2.45, 2.75) is 36.2 Å². The van der Waals surface area contributed by atoms with Crippen LogP contribution >= 0.6 is 11.8 Å². The standard InChI is InChI=1S/C21H21F3N4O3S2/c1-13(2)11-28-19(16-5-3-4-6-17(16)22)26-27-21(28)32-12-18(29)25-14-7-9-15(10-8-14)33(30,31)20(23)24/h3-10,13,20H,11-12H2,1-2H3,(H,25,29). The first-order valence-electron chi connectivity index (χ1n) is 9.82. The van der Waals surface area contributed by atoms with Gasteiger partial charge in [0.2, 0.25) is 15.7 Å². The summed E-state index contributed by atoms with van der Waals surface area (Å²) in [5.41, 5.74) is 0.560. The number of sulfone groups is 1. The molecule has 1 amide bonds. The van der Waals surface area contributed by atoms with Gasteiger partial charge in [0.05, 0.1) is 16.2 Å². The highest BCUT2D eigenvalue weighted by atomic mass is 32.2. The minimum absolute atomic E-state index is 0.0510. The Morgan fingerprint density at radius 3 is 2.36 bits per heavy atom. The number of hydrogen-bond donors (Lipinski definition) is 1. The number of carbonyl (C=O) groups is 1. The van der Waals surface area contributed by atoms with Gasteiger partial charge in [-0.25, -0.2) is 12.8 Å². The fourth-order valence-corrected chi connectivity index (χ4v) is 4.39. The van der Waals surface area contributed by atoms with Crippen molar-refractivity contribution in [1.29, 1.82) is 0 Å². The lowest BCUT2D eigenvalue weighted by atomic mass is 10.2. The summed E-state index contributed by atoms with van der Waals surface area (Å²) >= 11 is 1.11. The molecule has 7 nitrogen and oxygen atoms in total. The third kappa shape index (κ3) is 5.93. The number of amides is 1. The number of aromatic nitrogens is 3. The molecule has 0 aliphatic heterocycles. The highest BCUT2D eigenvalue weighted by Crippen LogP contribution is 2.27. The fraction of sp³-hybridized carbons (Fsp3) is 0.286. The average Bonchev–Trinajstić information content (AvgIpc) is 3.14. The summed E-state index contributed by atoms with van der Waals surface area (Å²) in [5.74, 6) is -3.85. The van der Waals surface area contributed by atoms with E-state index in [1.165, 1.54) is 18.2 Å². The van der Waals surface area contributed by atoms with Crippen molar-refractivity contribution < 1.29 is 26.4 Å². The molecule has 3 rings (SSSR count). The van der Waals surface area contributed by atoms with E-state index in [0.29, 0.717) is 23.1 Å². The van der Waals surface area contributed by atoms with Crippen LogP contribution in [0.2, 0.25) is 0 Å². The largest absolute Gasteiger partial charge is 0.341 e. The molecule has 1 heterocycles. The Kier molecular flexibility index (Phi) is 7.80. The van der Waals surface area contributed by atoms with Gasteiger partial charge in [-0.2, -0.15) is 8.78 Å². The molecular formula is C21H21F3N4O3S2. The Morgan fingerprint density at radius 1 is 1.09 bits per heavy atom. The average molecular weight is 499 g/mol. The fourth-order valence-electron chi connectivity index (χ4n) is 2.92. The number of nitrogens with one attached hydrogen (secondary N) is 1. The van der Waals surface area contributed by atoms with Gasteiger partial charge in [0.1, 0.15) is 5.82 Å². The van der Waals surface area contributed by atoms with E-state index in [0.717, 1.165) is 23.9 Å². The van der Waals surface area contributed by atoms with Crippen LogP contribution in [0, 0.1) is 11.7 Å². The molecule has 0 saturated carbocycles. The van der Waals surface area contributed by atoms with Crippen LogP contribution in [0.25, 0.3) is 11.4 Å². The molecule has 0 fully saturated rings. The summed E-state index contributed by atoms with van der Waals surface area (Å²) in [6.07, 6.45) is 0. The van der Waals surface area contributed by atoms with Crippen LogP contribution in [0.3, 0.4) is 0 Å². The molecule has 1 N–H and O–H groups in total. The number of nitrogens with zero attached hydrogens (tertiary/aromatic N) is 3. The quantitative estimate of drug-likeness (QED) is 0.438. The summed E-state index contributed by atoms with van der Waals surface area (Å²) in [7, 11) is -4.70. The number of alkyl halides is 2. The number of anilines is 1. The highest BCUT2D eigenvalue weighted by molar-refractivity contribution is 7.99. The second-order valence-corrected chi connectivity index (χ2v) is 10.3. The molecule has 33 heavy (non-hydrogen) atoms. The van der Waals surface area contributed by atoms with E-state index < -0.39 is 32.2 Å². The Balaban J connectivity index is 1.71. The van der Waals surface area contributed by atoms with E-state index in [-0.39, 0.29) is 17.4 Å². The third-order valence-corrected chi connectivity index (χ3v) is 6.78. The zero-order chi connectivity index (χ0) is 24.2. The first-order chi connectivity index (χ1) is 15.6. The molecule has 1 aromatic heterocycles. The summed E-state index contributed by atoms with van der Waals surface area (Å²) in [4.78, 5) is 11.8. The number of hydrogen-bond acceptors (Lipinski definition) is 6. The maximum absolute atomic E-state index is 14.3. The normalized spacial score (nSPS) is 11.8. The van der Waals surface area contributed by atoms with E-state index in [2.05, 4.69) is 15.5 Å². The number of rotatable bonds is 9. The highest BCUT2D eigenvalue weighted by Gasteiger charge is 2.26. The number of thioether (sulfide) groups is 1.